The van der Waals surface area contributed by atoms with Gasteiger partial charge < -0.3 is 15.2 Å². The summed E-state index contributed by atoms with van der Waals surface area (Å²) in [5, 5.41) is 2.61. The lowest BCUT2D eigenvalue weighted by atomic mass is 9.84. The summed E-state index contributed by atoms with van der Waals surface area (Å²) in [5.74, 6) is 1.13. The molecule has 3 N–H and O–H groups in total. The van der Waals surface area contributed by atoms with E-state index in [1.807, 2.05) is 48.5 Å². The van der Waals surface area contributed by atoms with E-state index in [1.54, 1.807) is 14.2 Å². The van der Waals surface area contributed by atoms with Gasteiger partial charge in [0.1, 0.15) is 0 Å². The average molecular weight is 325 g/mol. The van der Waals surface area contributed by atoms with Crippen LogP contribution in [0.3, 0.4) is 0 Å². The number of rotatable bonds is 5. The first-order valence-corrected chi connectivity index (χ1v) is 7.52. The normalized spacial score (nSPS) is 19.6. The van der Waals surface area contributed by atoms with Gasteiger partial charge in [0.05, 0.1) is 14.2 Å². The number of nitrogens with zero attached hydrogens (tertiary/aromatic N) is 1. The molecule has 2 aromatic rings. The lowest BCUT2D eigenvalue weighted by molar-refractivity contribution is -0.124. The fraction of sp³-hybridized carbons (Fsp3) is 0.222. The number of benzene rings is 2. The van der Waals surface area contributed by atoms with E-state index >= 15 is 0 Å². The quantitative estimate of drug-likeness (QED) is 0.874. The molecule has 0 bridgehead atoms. The Labute approximate surface area is 140 Å². The highest BCUT2D eigenvalue weighted by atomic mass is 16.5. The number of methoxy groups -OCH3 is 2. The van der Waals surface area contributed by atoms with E-state index in [9.17, 15) is 4.79 Å². The minimum absolute atomic E-state index is 0.129. The van der Waals surface area contributed by atoms with Crippen LogP contribution in [0, 0.1) is 0 Å². The van der Waals surface area contributed by atoms with E-state index in [0.717, 1.165) is 11.1 Å². The molecule has 6 heteroatoms. The summed E-state index contributed by atoms with van der Waals surface area (Å²) in [6.45, 7) is 0. The van der Waals surface area contributed by atoms with Crippen LogP contribution in [-0.2, 0) is 16.8 Å². The average Bonchev–Trinajstić information content (AvgIpc) is 2.90. The van der Waals surface area contributed by atoms with Crippen molar-refractivity contribution in [2.24, 2.45) is 10.7 Å². The smallest absolute Gasteiger partial charge is 0.259 e. The second kappa shape index (κ2) is 6.23. The van der Waals surface area contributed by atoms with Gasteiger partial charge in [-0.3, -0.25) is 10.1 Å². The van der Waals surface area contributed by atoms with E-state index in [0.29, 0.717) is 17.9 Å². The molecule has 0 aromatic heterocycles. The molecule has 0 aliphatic carbocycles. The molecular weight excluding hydrogens is 306 g/mol. The van der Waals surface area contributed by atoms with E-state index in [1.165, 1.54) is 0 Å². The molecule has 1 aliphatic heterocycles. The van der Waals surface area contributed by atoms with Crippen LogP contribution in [0.25, 0.3) is 0 Å². The molecule has 1 amide bonds. The van der Waals surface area contributed by atoms with Crippen molar-refractivity contribution in [3.63, 3.8) is 0 Å². The molecule has 6 nitrogen and oxygen atoms in total. The van der Waals surface area contributed by atoms with Crippen molar-refractivity contribution in [3.05, 3.63) is 59.7 Å². The second-order valence-corrected chi connectivity index (χ2v) is 5.54. The summed E-state index contributed by atoms with van der Waals surface area (Å²) in [6.07, 6.45) is 0.365. The highest BCUT2D eigenvalue weighted by Gasteiger charge is 2.44. The van der Waals surface area contributed by atoms with Crippen molar-refractivity contribution in [2.45, 2.75) is 12.0 Å². The molecule has 1 aliphatic rings. The summed E-state index contributed by atoms with van der Waals surface area (Å²) in [5.41, 5.74) is 6.37. The molecule has 1 atom stereocenters. The first kappa shape index (κ1) is 15.9. The van der Waals surface area contributed by atoms with Gasteiger partial charge in [0, 0.05) is 6.42 Å². The number of carbonyl (C=O) groups is 1. The summed E-state index contributed by atoms with van der Waals surface area (Å²) in [4.78, 5) is 17.1. The molecule has 24 heavy (non-hydrogen) atoms. The predicted molar refractivity (Wildman–Crippen MR) is 91.1 cm³/mol. The first-order chi connectivity index (χ1) is 11.6. The van der Waals surface area contributed by atoms with Gasteiger partial charge in [0.2, 0.25) is 0 Å². The minimum Gasteiger partial charge on any atom is -0.493 e. The SMILES string of the molecule is COc1ccc(CC2(c3ccccc3)N=C(N)NC2=O)cc1OC. The van der Waals surface area contributed by atoms with Crippen molar-refractivity contribution in [1.82, 2.24) is 5.32 Å². The molecule has 2 aromatic carbocycles. The largest absolute Gasteiger partial charge is 0.493 e. The summed E-state index contributed by atoms with van der Waals surface area (Å²) in [7, 11) is 3.16. The molecule has 0 saturated carbocycles. The predicted octanol–water partition coefficient (Wildman–Crippen LogP) is 1.59. The highest BCUT2D eigenvalue weighted by Crippen LogP contribution is 2.35. The minimum atomic E-state index is -1.08. The van der Waals surface area contributed by atoms with Gasteiger partial charge in [-0.25, -0.2) is 4.99 Å². The van der Waals surface area contributed by atoms with Gasteiger partial charge in [0.15, 0.2) is 23.0 Å². The molecule has 0 fully saturated rings. The van der Waals surface area contributed by atoms with Gasteiger partial charge in [0.25, 0.3) is 5.91 Å². The van der Waals surface area contributed by atoms with Crippen molar-refractivity contribution < 1.29 is 14.3 Å². The van der Waals surface area contributed by atoms with Crippen LogP contribution in [0.1, 0.15) is 11.1 Å². The summed E-state index contributed by atoms with van der Waals surface area (Å²) in [6, 6.07) is 15.0. The number of nitrogens with two attached hydrogens (primary N) is 1. The topological polar surface area (TPSA) is 85.9 Å². The van der Waals surface area contributed by atoms with Crippen LogP contribution in [0.5, 0.6) is 11.5 Å². The van der Waals surface area contributed by atoms with E-state index in [2.05, 4.69) is 10.3 Å². The van der Waals surface area contributed by atoms with Crippen LogP contribution >= 0.6 is 0 Å². The lowest BCUT2D eigenvalue weighted by Gasteiger charge is -2.24. The number of guanidine groups is 1. The number of ether oxygens (including phenoxy) is 2. The second-order valence-electron chi connectivity index (χ2n) is 5.54. The summed E-state index contributed by atoms with van der Waals surface area (Å²) >= 11 is 0. The maximum atomic E-state index is 12.6. The van der Waals surface area contributed by atoms with Gasteiger partial charge in [-0.1, -0.05) is 36.4 Å². The Kier molecular flexibility index (Phi) is 4.12. The zero-order valence-electron chi connectivity index (χ0n) is 13.6. The van der Waals surface area contributed by atoms with Gasteiger partial charge in [-0.15, -0.1) is 0 Å². The Bertz CT molecular complexity index is 789. The lowest BCUT2D eigenvalue weighted by Crippen LogP contribution is -2.40. The Balaban J connectivity index is 2.05. The number of hydrogen-bond donors (Lipinski definition) is 2. The van der Waals surface area contributed by atoms with Crippen LogP contribution in [0.4, 0.5) is 0 Å². The molecule has 124 valence electrons. The number of amides is 1. The zero-order valence-corrected chi connectivity index (χ0v) is 13.6. The van der Waals surface area contributed by atoms with Crippen LogP contribution in [0.15, 0.2) is 53.5 Å². The maximum Gasteiger partial charge on any atom is 0.259 e. The highest BCUT2D eigenvalue weighted by molar-refractivity contribution is 6.07. The fourth-order valence-electron chi connectivity index (χ4n) is 2.92. The monoisotopic (exact) mass is 325 g/mol. The van der Waals surface area contributed by atoms with Gasteiger partial charge in [-0.2, -0.15) is 0 Å². The number of nitrogens with one attached hydrogen (secondary N) is 1. The Hall–Kier alpha value is -3.02. The van der Waals surface area contributed by atoms with E-state index in [-0.39, 0.29) is 11.9 Å². The Morgan fingerprint density at radius 2 is 1.79 bits per heavy atom. The third-order valence-electron chi connectivity index (χ3n) is 4.09. The number of carbonyl (C=O) groups excluding carboxylic acids is 1. The van der Waals surface area contributed by atoms with Crippen LogP contribution < -0.4 is 20.5 Å². The molecule has 1 unspecified atom stereocenters. The van der Waals surface area contributed by atoms with Gasteiger partial charge in [-0.05, 0) is 23.3 Å². The van der Waals surface area contributed by atoms with Crippen molar-refractivity contribution in [3.8, 4) is 11.5 Å². The Morgan fingerprint density at radius 1 is 1.08 bits per heavy atom. The third kappa shape index (κ3) is 2.67. The van der Waals surface area contributed by atoms with Crippen LogP contribution in [-0.4, -0.2) is 26.1 Å². The van der Waals surface area contributed by atoms with Crippen LogP contribution in [0.2, 0.25) is 0 Å². The van der Waals surface area contributed by atoms with Crippen molar-refractivity contribution in [2.75, 3.05) is 14.2 Å². The molecule has 0 radical (unpaired) electrons. The van der Waals surface area contributed by atoms with E-state index in [4.69, 9.17) is 15.2 Å². The molecular formula is C18H19N3O3. The first-order valence-electron chi connectivity index (χ1n) is 7.52. The zero-order chi connectivity index (χ0) is 17.2. The molecule has 0 spiro atoms. The van der Waals surface area contributed by atoms with E-state index < -0.39 is 5.54 Å². The molecule has 1 heterocycles. The third-order valence-corrected chi connectivity index (χ3v) is 4.09. The van der Waals surface area contributed by atoms with Gasteiger partial charge >= 0.3 is 0 Å². The number of hydrogen-bond acceptors (Lipinski definition) is 5. The summed E-state index contributed by atoms with van der Waals surface area (Å²) < 4.78 is 10.6. The Morgan fingerprint density at radius 3 is 2.38 bits per heavy atom. The standard InChI is InChI=1S/C18H19N3O3/c1-23-14-9-8-12(10-15(14)24-2)11-18(13-6-4-3-5-7-13)16(22)20-17(19)21-18/h3-10H,11H2,1-2H3,(H3,19,20,21,22). The van der Waals surface area contributed by atoms with Crippen molar-refractivity contribution >= 4 is 11.9 Å². The van der Waals surface area contributed by atoms with Crippen molar-refractivity contribution in [1.29, 1.82) is 0 Å². The fourth-order valence-corrected chi connectivity index (χ4v) is 2.92. The molecule has 0 saturated heterocycles. The maximum absolute atomic E-state index is 12.6. The number of aliphatic imine (C=N–C) groups is 1. The molecule has 3 rings (SSSR count).